The van der Waals surface area contributed by atoms with Crippen LogP contribution in [-0.2, 0) is 6.54 Å². The van der Waals surface area contributed by atoms with Crippen LogP contribution >= 0.6 is 23.2 Å². The normalized spacial score (nSPS) is 12.3. The standard InChI is InChI=1S/C19H17Cl2NO/c1-13(14-5-3-2-4-6-14)22-12-16-8-10-19(23-16)17-9-7-15(20)11-18(17)21/h2-11,13,22H,12H2,1H3/t13-/m1/s1. The van der Waals surface area contributed by atoms with Crippen molar-refractivity contribution in [1.82, 2.24) is 5.32 Å². The minimum absolute atomic E-state index is 0.254. The summed E-state index contributed by atoms with van der Waals surface area (Å²) < 4.78 is 5.89. The highest BCUT2D eigenvalue weighted by molar-refractivity contribution is 6.36. The molecule has 0 aliphatic heterocycles. The van der Waals surface area contributed by atoms with Crippen molar-refractivity contribution in [3.8, 4) is 11.3 Å². The third-order valence-electron chi connectivity index (χ3n) is 3.74. The quantitative estimate of drug-likeness (QED) is 0.603. The molecule has 1 N–H and O–H groups in total. The van der Waals surface area contributed by atoms with Gasteiger partial charge in [-0.25, -0.2) is 0 Å². The molecular formula is C19H17Cl2NO. The largest absolute Gasteiger partial charge is 0.460 e. The highest BCUT2D eigenvalue weighted by Gasteiger charge is 2.10. The smallest absolute Gasteiger partial charge is 0.135 e. The molecule has 1 aromatic heterocycles. The Morgan fingerprint density at radius 3 is 2.52 bits per heavy atom. The summed E-state index contributed by atoms with van der Waals surface area (Å²) in [5.41, 5.74) is 2.10. The van der Waals surface area contributed by atoms with Crippen molar-refractivity contribution in [2.75, 3.05) is 0 Å². The molecular weight excluding hydrogens is 329 g/mol. The Bertz CT molecular complexity index is 783. The first kappa shape index (κ1) is 16.1. The number of nitrogens with one attached hydrogen (secondary N) is 1. The summed E-state index contributed by atoms with van der Waals surface area (Å²) in [5.74, 6) is 1.62. The van der Waals surface area contributed by atoms with Crippen molar-refractivity contribution in [2.24, 2.45) is 0 Å². The van der Waals surface area contributed by atoms with Gasteiger partial charge in [-0.2, -0.15) is 0 Å². The SMILES string of the molecule is C[C@@H](NCc1ccc(-c2ccc(Cl)cc2Cl)o1)c1ccccc1. The molecule has 0 saturated heterocycles. The lowest BCUT2D eigenvalue weighted by Crippen LogP contribution is -2.17. The van der Waals surface area contributed by atoms with E-state index >= 15 is 0 Å². The van der Waals surface area contributed by atoms with Gasteiger partial charge in [0.05, 0.1) is 11.6 Å². The zero-order valence-corrected chi connectivity index (χ0v) is 14.2. The molecule has 0 amide bonds. The van der Waals surface area contributed by atoms with Crippen LogP contribution in [0.3, 0.4) is 0 Å². The maximum atomic E-state index is 6.22. The first-order valence-corrected chi connectivity index (χ1v) is 8.21. The molecule has 3 aromatic rings. The van der Waals surface area contributed by atoms with Gasteiger partial charge in [0.2, 0.25) is 0 Å². The van der Waals surface area contributed by atoms with E-state index in [0.29, 0.717) is 16.6 Å². The average molecular weight is 346 g/mol. The van der Waals surface area contributed by atoms with Crippen molar-refractivity contribution < 1.29 is 4.42 Å². The summed E-state index contributed by atoms with van der Waals surface area (Å²) in [5, 5.41) is 4.66. The lowest BCUT2D eigenvalue weighted by atomic mass is 10.1. The Labute approximate surface area is 146 Å². The van der Waals surface area contributed by atoms with E-state index < -0.39 is 0 Å². The van der Waals surface area contributed by atoms with Crippen LogP contribution < -0.4 is 5.32 Å². The van der Waals surface area contributed by atoms with Gasteiger partial charge in [-0.3, -0.25) is 0 Å². The lowest BCUT2D eigenvalue weighted by Gasteiger charge is -2.13. The zero-order chi connectivity index (χ0) is 16.2. The highest BCUT2D eigenvalue weighted by Crippen LogP contribution is 2.31. The Kier molecular flexibility index (Phi) is 5.06. The maximum Gasteiger partial charge on any atom is 0.135 e. The molecule has 2 aromatic carbocycles. The number of furan rings is 1. The van der Waals surface area contributed by atoms with Gasteiger partial charge >= 0.3 is 0 Å². The summed E-state index contributed by atoms with van der Waals surface area (Å²) in [6.45, 7) is 2.79. The van der Waals surface area contributed by atoms with Gasteiger partial charge in [0.25, 0.3) is 0 Å². The highest BCUT2D eigenvalue weighted by atomic mass is 35.5. The minimum Gasteiger partial charge on any atom is -0.460 e. The van der Waals surface area contributed by atoms with E-state index in [4.69, 9.17) is 27.6 Å². The molecule has 1 atom stereocenters. The third kappa shape index (κ3) is 3.97. The fourth-order valence-corrected chi connectivity index (χ4v) is 2.92. The van der Waals surface area contributed by atoms with Crippen LogP contribution in [0.5, 0.6) is 0 Å². The minimum atomic E-state index is 0.254. The molecule has 0 spiro atoms. The van der Waals surface area contributed by atoms with E-state index in [2.05, 4.69) is 24.4 Å². The number of hydrogen-bond acceptors (Lipinski definition) is 2. The Balaban J connectivity index is 1.68. The molecule has 3 rings (SSSR count). The average Bonchev–Trinajstić information content (AvgIpc) is 3.02. The molecule has 1 heterocycles. The Morgan fingerprint density at radius 2 is 1.78 bits per heavy atom. The van der Waals surface area contributed by atoms with E-state index in [-0.39, 0.29) is 6.04 Å². The first-order chi connectivity index (χ1) is 11.1. The van der Waals surface area contributed by atoms with E-state index in [9.17, 15) is 0 Å². The summed E-state index contributed by atoms with van der Waals surface area (Å²) in [6, 6.07) is 19.9. The summed E-state index contributed by atoms with van der Waals surface area (Å²) >= 11 is 12.1. The van der Waals surface area contributed by atoms with Crippen LogP contribution in [0.25, 0.3) is 11.3 Å². The van der Waals surface area contributed by atoms with Gasteiger partial charge in [-0.05, 0) is 42.8 Å². The van der Waals surface area contributed by atoms with Crippen LogP contribution in [0.1, 0.15) is 24.3 Å². The number of hydrogen-bond donors (Lipinski definition) is 1. The fraction of sp³-hybridized carbons (Fsp3) is 0.158. The predicted octanol–water partition coefficient (Wildman–Crippen LogP) is 6.10. The van der Waals surface area contributed by atoms with Crippen LogP contribution in [0.2, 0.25) is 10.0 Å². The van der Waals surface area contributed by atoms with Gasteiger partial charge in [-0.15, -0.1) is 0 Å². The number of rotatable bonds is 5. The van der Waals surface area contributed by atoms with Crippen molar-refractivity contribution in [1.29, 1.82) is 0 Å². The van der Waals surface area contributed by atoms with E-state index in [0.717, 1.165) is 17.1 Å². The molecule has 0 saturated carbocycles. The van der Waals surface area contributed by atoms with Gasteiger partial charge in [0.1, 0.15) is 11.5 Å². The molecule has 0 fully saturated rings. The van der Waals surface area contributed by atoms with Crippen LogP contribution in [0.15, 0.2) is 65.1 Å². The van der Waals surface area contributed by atoms with Crippen LogP contribution in [-0.4, -0.2) is 0 Å². The second-order valence-electron chi connectivity index (χ2n) is 5.40. The van der Waals surface area contributed by atoms with E-state index in [1.54, 1.807) is 12.1 Å². The zero-order valence-electron chi connectivity index (χ0n) is 12.7. The predicted molar refractivity (Wildman–Crippen MR) is 95.9 cm³/mol. The summed E-state index contributed by atoms with van der Waals surface area (Å²) in [6.07, 6.45) is 0. The van der Waals surface area contributed by atoms with Crippen molar-refractivity contribution in [2.45, 2.75) is 19.5 Å². The summed E-state index contributed by atoms with van der Waals surface area (Å²) in [7, 11) is 0. The number of halogens is 2. The van der Waals surface area contributed by atoms with Gasteiger partial charge < -0.3 is 9.73 Å². The first-order valence-electron chi connectivity index (χ1n) is 7.46. The molecule has 0 aliphatic carbocycles. The molecule has 0 bridgehead atoms. The lowest BCUT2D eigenvalue weighted by molar-refractivity contribution is 0.468. The van der Waals surface area contributed by atoms with Crippen LogP contribution in [0, 0.1) is 0 Å². The van der Waals surface area contributed by atoms with Gasteiger partial charge in [0.15, 0.2) is 0 Å². The second kappa shape index (κ2) is 7.22. The van der Waals surface area contributed by atoms with Crippen molar-refractivity contribution >= 4 is 23.2 Å². The van der Waals surface area contributed by atoms with E-state index in [1.165, 1.54) is 5.56 Å². The maximum absolute atomic E-state index is 6.22. The van der Waals surface area contributed by atoms with E-state index in [1.807, 2.05) is 36.4 Å². The van der Waals surface area contributed by atoms with Crippen LogP contribution in [0.4, 0.5) is 0 Å². The van der Waals surface area contributed by atoms with Crippen molar-refractivity contribution in [3.63, 3.8) is 0 Å². The fourth-order valence-electron chi connectivity index (χ4n) is 2.42. The van der Waals surface area contributed by atoms with Crippen molar-refractivity contribution in [3.05, 3.63) is 82.0 Å². The molecule has 2 nitrogen and oxygen atoms in total. The summed E-state index contributed by atoms with van der Waals surface area (Å²) in [4.78, 5) is 0. The topological polar surface area (TPSA) is 25.2 Å². The van der Waals surface area contributed by atoms with Gasteiger partial charge in [-0.1, -0.05) is 53.5 Å². The molecule has 0 radical (unpaired) electrons. The second-order valence-corrected chi connectivity index (χ2v) is 6.25. The molecule has 0 unspecified atom stereocenters. The molecule has 0 aliphatic rings. The monoisotopic (exact) mass is 345 g/mol. The molecule has 23 heavy (non-hydrogen) atoms. The van der Waals surface area contributed by atoms with Gasteiger partial charge in [0, 0.05) is 16.6 Å². The third-order valence-corrected chi connectivity index (χ3v) is 4.29. The Morgan fingerprint density at radius 1 is 1.00 bits per heavy atom. The molecule has 4 heteroatoms. The molecule has 118 valence electrons. The number of benzene rings is 2. The Hall–Kier alpha value is -1.74.